The van der Waals surface area contributed by atoms with Crippen molar-refractivity contribution >= 4 is 27.2 Å². The predicted molar refractivity (Wildman–Crippen MR) is 59.3 cm³/mol. The zero-order valence-electron chi connectivity index (χ0n) is 8.68. The molecule has 7 heteroatoms. The Morgan fingerprint density at radius 2 is 2.31 bits per heavy atom. The molecule has 0 N–H and O–H groups in total. The summed E-state index contributed by atoms with van der Waals surface area (Å²) in [5, 5.41) is 4.13. The standard InChI is InChI=1S/C9H11ClN2O3S/c1-12-8(7(10)4-11-12)9(13)6-2-3-16(14,15)5-6/h4,6H,2-3,5H2,1H3. The SMILES string of the molecule is Cn1ncc(Cl)c1C(=O)C1CCS(=O)(=O)C1. The van der Waals surface area contributed by atoms with E-state index >= 15 is 0 Å². The number of halogens is 1. The molecule has 0 bridgehead atoms. The van der Waals surface area contributed by atoms with E-state index in [-0.39, 0.29) is 22.3 Å². The van der Waals surface area contributed by atoms with Gasteiger partial charge in [0.25, 0.3) is 0 Å². The molecule has 0 aromatic carbocycles. The fourth-order valence-electron chi connectivity index (χ4n) is 1.88. The molecule has 0 saturated carbocycles. The molecular formula is C9H11ClN2O3S. The van der Waals surface area contributed by atoms with Crippen LogP contribution < -0.4 is 0 Å². The highest BCUT2D eigenvalue weighted by atomic mass is 35.5. The Hall–Kier alpha value is -0.880. The highest BCUT2D eigenvalue weighted by Crippen LogP contribution is 2.25. The van der Waals surface area contributed by atoms with E-state index in [1.165, 1.54) is 10.9 Å². The van der Waals surface area contributed by atoms with Gasteiger partial charge in [-0.1, -0.05) is 11.6 Å². The van der Waals surface area contributed by atoms with Crippen molar-refractivity contribution in [3.8, 4) is 0 Å². The highest BCUT2D eigenvalue weighted by Gasteiger charge is 2.35. The number of hydrogen-bond donors (Lipinski definition) is 0. The summed E-state index contributed by atoms with van der Waals surface area (Å²) in [6.45, 7) is 0. The first-order valence-electron chi connectivity index (χ1n) is 4.83. The van der Waals surface area contributed by atoms with E-state index in [0.717, 1.165) is 0 Å². The Morgan fingerprint density at radius 3 is 2.75 bits per heavy atom. The Bertz CT molecular complexity index is 515. The minimum Gasteiger partial charge on any atom is -0.292 e. The number of sulfone groups is 1. The molecule has 5 nitrogen and oxygen atoms in total. The maximum Gasteiger partial charge on any atom is 0.186 e. The number of ketones is 1. The van der Waals surface area contributed by atoms with Crippen LogP contribution in [0.25, 0.3) is 0 Å². The zero-order valence-corrected chi connectivity index (χ0v) is 10.3. The van der Waals surface area contributed by atoms with Gasteiger partial charge in [-0.15, -0.1) is 0 Å². The third-order valence-electron chi connectivity index (χ3n) is 2.73. The number of Topliss-reactive ketones (excluding diaryl/α,β-unsaturated/α-hetero) is 1. The summed E-state index contributed by atoms with van der Waals surface area (Å²) in [4.78, 5) is 12.0. The molecule has 1 unspecified atom stereocenters. The van der Waals surface area contributed by atoms with Crippen molar-refractivity contribution in [3.05, 3.63) is 16.9 Å². The third kappa shape index (κ3) is 1.99. The fourth-order valence-corrected chi connectivity index (χ4v) is 3.88. The molecule has 2 rings (SSSR count). The van der Waals surface area contributed by atoms with Crippen LogP contribution >= 0.6 is 11.6 Å². The summed E-state index contributed by atoms with van der Waals surface area (Å²) in [6, 6.07) is 0. The van der Waals surface area contributed by atoms with Gasteiger partial charge in [0.2, 0.25) is 0 Å². The average Bonchev–Trinajstić information content (AvgIpc) is 2.70. The molecule has 0 amide bonds. The Labute approximate surface area is 98.3 Å². The van der Waals surface area contributed by atoms with Crippen LogP contribution in [-0.4, -0.2) is 35.5 Å². The number of carbonyl (C=O) groups excluding carboxylic acids is 1. The molecule has 1 saturated heterocycles. The van der Waals surface area contributed by atoms with Crippen molar-refractivity contribution in [2.75, 3.05) is 11.5 Å². The van der Waals surface area contributed by atoms with Gasteiger partial charge < -0.3 is 0 Å². The lowest BCUT2D eigenvalue weighted by atomic mass is 10.0. The van der Waals surface area contributed by atoms with E-state index < -0.39 is 15.8 Å². The lowest BCUT2D eigenvalue weighted by molar-refractivity contribution is 0.0924. The molecule has 1 aliphatic heterocycles. The smallest absolute Gasteiger partial charge is 0.186 e. The van der Waals surface area contributed by atoms with Gasteiger partial charge in [-0.2, -0.15) is 5.10 Å². The van der Waals surface area contributed by atoms with E-state index in [2.05, 4.69) is 5.10 Å². The van der Waals surface area contributed by atoms with Gasteiger partial charge in [0.05, 0.1) is 22.7 Å². The second-order valence-electron chi connectivity index (χ2n) is 3.93. The summed E-state index contributed by atoms with van der Waals surface area (Å²) >= 11 is 5.84. The second-order valence-corrected chi connectivity index (χ2v) is 6.56. The van der Waals surface area contributed by atoms with Gasteiger partial charge in [0, 0.05) is 13.0 Å². The summed E-state index contributed by atoms with van der Waals surface area (Å²) < 4.78 is 23.9. The normalized spacial score (nSPS) is 23.5. The van der Waals surface area contributed by atoms with E-state index in [9.17, 15) is 13.2 Å². The largest absolute Gasteiger partial charge is 0.292 e. The Morgan fingerprint density at radius 1 is 1.62 bits per heavy atom. The number of nitrogens with zero attached hydrogens (tertiary/aromatic N) is 2. The molecular weight excluding hydrogens is 252 g/mol. The van der Waals surface area contributed by atoms with Crippen molar-refractivity contribution in [2.24, 2.45) is 13.0 Å². The number of aromatic nitrogens is 2. The van der Waals surface area contributed by atoms with Gasteiger partial charge in [0.1, 0.15) is 5.69 Å². The quantitative estimate of drug-likeness (QED) is 0.736. The third-order valence-corrected chi connectivity index (χ3v) is 4.78. The topological polar surface area (TPSA) is 69.0 Å². The minimum atomic E-state index is -3.05. The van der Waals surface area contributed by atoms with Crippen LogP contribution in [0, 0.1) is 5.92 Å². The molecule has 2 heterocycles. The molecule has 1 aliphatic rings. The number of aryl methyl sites for hydroxylation is 1. The van der Waals surface area contributed by atoms with Gasteiger partial charge in [-0.3, -0.25) is 9.48 Å². The van der Waals surface area contributed by atoms with E-state index in [4.69, 9.17) is 11.6 Å². The number of carbonyl (C=O) groups is 1. The maximum atomic E-state index is 12.0. The molecule has 0 aliphatic carbocycles. The van der Waals surface area contributed by atoms with E-state index in [1.54, 1.807) is 7.05 Å². The Kier molecular flexibility index (Phi) is 2.79. The van der Waals surface area contributed by atoms with Crippen molar-refractivity contribution in [1.82, 2.24) is 9.78 Å². The number of hydrogen-bond acceptors (Lipinski definition) is 4. The molecule has 1 atom stereocenters. The van der Waals surface area contributed by atoms with Crippen LogP contribution in [-0.2, 0) is 16.9 Å². The monoisotopic (exact) mass is 262 g/mol. The van der Waals surface area contributed by atoms with Crippen molar-refractivity contribution in [1.29, 1.82) is 0 Å². The minimum absolute atomic E-state index is 0.0760. The summed E-state index contributed by atoms with van der Waals surface area (Å²) in [6.07, 6.45) is 1.76. The van der Waals surface area contributed by atoms with Crippen molar-refractivity contribution < 1.29 is 13.2 Å². The lowest BCUT2D eigenvalue weighted by Gasteiger charge is -2.07. The first-order chi connectivity index (χ1) is 7.41. The van der Waals surface area contributed by atoms with Crippen molar-refractivity contribution in [2.45, 2.75) is 6.42 Å². The maximum absolute atomic E-state index is 12.0. The molecule has 0 spiro atoms. The van der Waals surface area contributed by atoms with E-state index in [1.807, 2.05) is 0 Å². The highest BCUT2D eigenvalue weighted by molar-refractivity contribution is 7.91. The fraction of sp³-hybridized carbons (Fsp3) is 0.556. The predicted octanol–water partition coefficient (Wildman–Crippen LogP) is 0.691. The Balaban J connectivity index is 2.28. The van der Waals surface area contributed by atoms with Crippen LogP contribution in [0.1, 0.15) is 16.9 Å². The van der Waals surface area contributed by atoms with Gasteiger partial charge in [-0.25, -0.2) is 8.42 Å². The molecule has 1 fully saturated rings. The first-order valence-corrected chi connectivity index (χ1v) is 7.03. The zero-order chi connectivity index (χ0) is 11.9. The first kappa shape index (κ1) is 11.6. The summed E-state index contributed by atoms with van der Waals surface area (Å²) in [5.74, 6) is -0.698. The molecule has 1 aromatic heterocycles. The van der Waals surface area contributed by atoms with Crippen LogP contribution in [0.5, 0.6) is 0 Å². The van der Waals surface area contributed by atoms with Gasteiger partial charge in [0.15, 0.2) is 15.6 Å². The van der Waals surface area contributed by atoms with Gasteiger partial charge in [-0.05, 0) is 6.42 Å². The molecule has 1 aromatic rings. The van der Waals surface area contributed by atoms with Crippen LogP contribution in [0.15, 0.2) is 6.20 Å². The summed E-state index contributed by atoms with van der Waals surface area (Å²) in [5.41, 5.74) is 0.295. The second kappa shape index (κ2) is 3.85. The molecule has 0 radical (unpaired) electrons. The lowest BCUT2D eigenvalue weighted by Crippen LogP contribution is -2.19. The van der Waals surface area contributed by atoms with Crippen LogP contribution in [0.2, 0.25) is 5.02 Å². The van der Waals surface area contributed by atoms with Crippen LogP contribution in [0.4, 0.5) is 0 Å². The average molecular weight is 263 g/mol. The number of rotatable bonds is 2. The van der Waals surface area contributed by atoms with Crippen LogP contribution in [0.3, 0.4) is 0 Å². The molecule has 88 valence electrons. The van der Waals surface area contributed by atoms with Gasteiger partial charge >= 0.3 is 0 Å². The molecule has 16 heavy (non-hydrogen) atoms. The van der Waals surface area contributed by atoms with E-state index in [0.29, 0.717) is 12.1 Å². The van der Waals surface area contributed by atoms with Crippen molar-refractivity contribution in [3.63, 3.8) is 0 Å². The summed E-state index contributed by atoms with van der Waals surface area (Å²) in [7, 11) is -1.44.